The zero-order valence-electron chi connectivity index (χ0n) is 22.2. The first kappa shape index (κ1) is 28.2. The van der Waals surface area contributed by atoms with Crippen LogP contribution in [-0.2, 0) is 9.53 Å². The average Bonchev–Trinajstić information content (AvgIpc) is 3.27. The van der Waals surface area contributed by atoms with Crippen LogP contribution in [0.1, 0.15) is 51.4 Å². The molecule has 1 fully saturated rings. The van der Waals surface area contributed by atoms with Gasteiger partial charge in [0.1, 0.15) is 5.60 Å². The van der Waals surface area contributed by atoms with Crippen molar-refractivity contribution in [2.75, 3.05) is 38.5 Å². The van der Waals surface area contributed by atoms with Gasteiger partial charge < -0.3 is 30.6 Å². The smallest absolute Gasteiger partial charge is 0.410 e. The third-order valence-electron chi connectivity index (χ3n) is 5.98. The second kappa shape index (κ2) is 11.8. The third kappa shape index (κ3) is 7.58. The third-order valence-corrected chi connectivity index (χ3v) is 6.29. The molecule has 1 aromatic carbocycles. The Bertz CT molecular complexity index is 1090. The Hall–Kier alpha value is -3.34. The largest absolute Gasteiger partial charge is 0.444 e. The summed E-state index contributed by atoms with van der Waals surface area (Å²) in [5.41, 5.74) is 4.22. The Morgan fingerprint density at radius 1 is 1.19 bits per heavy atom. The number of likely N-dealkylation sites (N-methyl/N-ethyl adjacent to an activating group) is 1. The van der Waals surface area contributed by atoms with E-state index in [-0.39, 0.29) is 34.9 Å². The molecule has 1 unspecified atom stereocenters. The number of nitrogens with one attached hydrogen (secondary N) is 3. The number of carbonyl (C=O) groups is 3. The van der Waals surface area contributed by atoms with E-state index in [9.17, 15) is 14.4 Å². The Balaban J connectivity index is 1.59. The highest BCUT2D eigenvalue weighted by Gasteiger charge is 2.29. The Kier molecular flexibility index (Phi) is 9.01. The van der Waals surface area contributed by atoms with Crippen LogP contribution in [0.5, 0.6) is 0 Å². The van der Waals surface area contributed by atoms with Crippen LogP contribution in [0.3, 0.4) is 0 Å². The minimum atomic E-state index is -0.575. The van der Waals surface area contributed by atoms with E-state index in [1.165, 1.54) is 6.07 Å². The van der Waals surface area contributed by atoms with Crippen LogP contribution >= 0.6 is 11.6 Å². The first-order valence-electron chi connectivity index (χ1n) is 12.3. The molecule has 0 radical (unpaired) electrons. The highest BCUT2D eigenvalue weighted by atomic mass is 35.5. The van der Waals surface area contributed by atoms with Crippen LogP contribution in [0.15, 0.2) is 28.3 Å². The van der Waals surface area contributed by atoms with Crippen LogP contribution in [-0.4, -0.2) is 90.2 Å². The predicted molar refractivity (Wildman–Crippen MR) is 144 cm³/mol. The fourth-order valence-corrected chi connectivity index (χ4v) is 4.22. The zero-order valence-corrected chi connectivity index (χ0v) is 23.0. The highest BCUT2D eigenvalue weighted by Crippen LogP contribution is 2.23. The van der Waals surface area contributed by atoms with Crippen LogP contribution in [0.25, 0.3) is 0 Å². The summed E-state index contributed by atoms with van der Waals surface area (Å²) < 4.78 is 5.40. The zero-order chi connectivity index (χ0) is 27.3. The number of rotatable bonds is 4. The number of amides is 3. The molecule has 0 spiro atoms. The Morgan fingerprint density at radius 2 is 1.84 bits per heavy atom. The summed E-state index contributed by atoms with van der Waals surface area (Å²) in [7, 11) is 1.63. The molecule has 2 aliphatic rings. The van der Waals surface area contributed by atoms with E-state index in [1.807, 2.05) is 34.6 Å². The number of amidine groups is 1. The Labute approximate surface area is 222 Å². The number of hydrogen-bond acceptors (Lipinski definition) is 7. The minimum absolute atomic E-state index is 0.0295. The molecule has 1 saturated heterocycles. The second-order valence-corrected chi connectivity index (χ2v) is 10.6. The van der Waals surface area contributed by atoms with Gasteiger partial charge in [0.05, 0.1) is 22.7 Å². The standard InChI is InChI=1S/C25H36ClN7O4/c1-15-13-20(31-30-15)16(2)28-21(27-6)22(34)29-17-7-8-18(19(26)14-17)23(35)32-9-11-33(12-10-32)24(36)37-25(3,4)5/h7-8,14,16,20,31H,9-13H2,1-6H3,(H,27,28)(H,29,34)/t16?,20-/m0/s1. The molecule has 2 atom stereocenters. The Morgan fingerprint density at radius 3 is 2.38 bits per heavy atom. The van der Waals surface area contributed by atoms with Crippen LogP contribution in [0, 0.1) is 0 Å². The molecule has 0 bridgehead atoms. The van der Waals surface area contributed by atoms with Gasteiger partial charge >= 0.3 is 6.09 Å². The lowest BCUT2D eigenvalue weighted by molar-refractivity contribution is -0.110. The molecular formula is C25H36ClN7O4. The van der Waals surface area contributed by atoms with Crippen molar-refractivity contribution in [3.63, 3.8) is 0 Å². The molecule has 12 heteroatoms. The van der Waals surface area contributed by atoms with Gasteiger partial charge in [0.15, 0.2) is 5.84 Å². The van der Waals surface area contributed by atoms with Gasteiger partial charge in [0.2, 0.25) is 0 Å². The molecule has 3 rings (SSSR count). The number of benzene rings is 1. The summed E-state index contributed by atoms with van der Waals surface area (Å²) >= 11 is 6.43. The summed E-state index contributed by atoms with van der Waals surface area (Å²) in [5.74, 6) is -0.476. The van der Waals surface area contributed by atoms with Crippen molar-refractivity contribution in [2.24, 2.45) is 10.1 Å². The number of ether oxygens (including phenoxy) is 1. The summed E-state index contributed by atoms with van der Waals surface area (Å²) in [4.78, 5) is 45.9. The summed E-state index contributed by atoms with van der Waals surface area (Å²) in [6.45, 7) is 10.8. The van der Waals surface area contributed by atoms with Crippen molar-refractivity contribution in [1.82, 2.24) is 20.5 Å². The SMILES string of the molecule is CN/C(=N\C(C)[C@@H]1CC(C)=NN1)C(=O)Nc1ccc(C(=O)N2CCN(C(=O)OC(C)(C)C)CC2)c(Cl)c1. The maximum absolute atomic E-state index is 13.1. The molecule has 1 aromatic rings. The molecule has 0 saturated carbocycles. The van der Waals surface area contributed by atoms with Crippen molar-refractivity contribution >= 4 is 46.7 Å². The lowest BCUT2D eigenvalue weighted by Gasteiger charge is -2.35. The maximum atomic E-state index is 13.1. The van der Waals surface area contributed by atoms with Crippen molar-refractivity contribution in [2.45, 2.75) is 58.7 Å². The van der Waals surface area contributed by atoms with E-state index in [0.29, 0.717) is 37.4 Å². The maximum Gasteiger partial charge on any atom is 0.410 e. The number of aliphatic imine (C=N–C) groups is 1. The second-order valence-electron chi connectivity index (χ2n) is 10.2. The number of hydrogen-bond donors (Lipinski definition) is 3. The van der Waals surface area contributed by atoms with Gasteiger partial charge in [0.25, 0.3) is 11.8 Å². The fourth-order valence-electron chi connectivity index (χ4n) is 3.96. The van der Waals surface area contributed by atoms with Gasteiger partial charge in [-0.1, -0.05) is 11.6 Å². The van der Waals surface area contributed by atoms with E-state index >= 15 is 0 Å². The van der Waals surface area contributed by atoms with Crippen molar-refractivity contribution in [1.29, 1.82) is 0 Å². The van der Waals surface area contributed by atoms with E-state index in [2.05, 4.69) is 26.2 Å². The van der Waals surface area contributed by atoms with E-state index in [0.717, 1.165) is 12.1 Å². The normalized spacial score (nSPS) is 19.1. The van der Waals surface area contributed by atoms with Gasteiger partial charge in [0, 0.05) is 51.0 Å². The molecule has 37 heavy (non-hydrogen) atoms. The van der Waals surface area contributed by atoms with Gasteiger partial charge in [-0.25, -0.2) is 4.79 Å². The van der Waals surface area contributed by atoms with E-state index < -0.39 is 11.5 Å². The quantitative estimate of drug-likeness (QED) is 0.403. The number of piperazine rings is 1. The molecule has 3 amide bonds. The van der Waals surface area contributed by atoms with Crippen molar-refractivity contribution in [3.8, 4) is 0 Å². The number of nitrogens with zero attached hydrogens (tertiary/aromatic N) is 4. The predicted octanol–water partition coefficient (Wildman–Crippen LogP) is 2.72. The van der Waals surface area contributed by atoms with Crippen LogP contribution in [0.4, 0.5) is 10.5 Å². The number of hydrazone groups is 1. The summed E-state index contributed by atoms with van der Waals surface area (Å²) in [6, 6.07) is 4.61. The molecule has 11 nitrogen and oxygen atoms in total. The first-order chi connectivity index (χ1) is 17.4. The van der Waals surface area contributed by atoms with Gasteiger partial charge in [-0.05, 0) is 52.8 Å². The number of carbonyl (C=O) groups excluding carboxylic acids is 3. The van der Waals surface area contributed by atoms with Gasteiger partial charge in [-0.15, -0.1) is 0 Å². The number of halogens is 1. The van der Waals surface area contributed by atoms with E-state index in [1.54, 1.807) is 29.0 Å². The summed E-state index contributed by atoms with van der Waals surface area (Å²) in [5, 5.41) is 10.0. The molecule has 2 heterocycles. The van der Waals surface area contributed by atoms with Crippen molar-refractivity contribution < 1.29 is 19.1 Å². The van der Waals surface area contributed by atoms with Crippen LogP contribution in [0.2, 0.25) is 5.02 Å². The molecule has 3 N–H and O–H groups in total. The average molecular weight is 534 g/mol. The van der Waals surface area contributed by atoms with Gasteiger partial charge in [-0.3, -0.25) is 14.6 Å². The molecule has 202 valence electrons. The molecule has 0 aromatic heterocycles. The number of anilines is 1. The topological polar surface area (TPSA) is 128 Å². The fraction of sp³-hybridized carbons (Fsp3) is 0.560. The lowest BCUT2D eigenvalue weighted by atomic mass is 10.1. The molecule has 2 aliphatic heterocycles. The lowest BCUT2D eigenvalue weighted by Crippen LogP contribution is -2.51. The summed E-state index contributed by atoms with van der Waals surface area (Å²) in [6.07, 6.45) is 0.379. The van der Waals surface area contributed by atoms with E-state index in [4.69, 9.17) is 16.3 Å². The van der Waals surface area contributed by atoms with Crippen LogP contribution < -0.4 is 16.1 Å². The molecule has 0 aliphatic carbocycles. The monoisotopic (exact) mass is 533 g/mol. The first-order valence-corrected chi connectivity index (χ1v) is 12.7. The molecular weight excluding hydrogens is 498 g/mol. The van der Waals surface area contributed by atoms with Crippen molar-refractivity contribution in [3.05, 3.63) is 28.8 Å². The van der Waals surface area contributed by atoms with Gasteiger partial charge in [-0.2, -0.15) is 5.10 Å². The highest BCUT2D eigenvalue weighted by molar-refractivity contribution is 6.42. The minimum Gasteiger partial charge on any atom is -0.444 e.